The third-order valence-corrected chi connectivity index (χ3v) is 8.61. The number of alkyl halides is 1. The highest BCUT2D eigenvalue weighted by Crippen LogP contribution is 2.25. The van der Waals surface area contributed by atoms with E-state index in [2.05, 4.69) is 9.82 Å². The zero-order valence-electron chi connectivity index (χ0n) is 22.3. The molecular formula is C27H34F2N4O5S. The summed E-state index contributed by atoms with van der Waals surface area (Å²) in [4.78, 5) is 14.3. The molecule has 12 heteroatoms. The largest absolute Gasteiger partial charge is 0.490 e. The second kappa shape index (κ2) is 11.9. The Bertz CT molecular complexity index is 1400. The molecule has 3 aromatic rings. The molecule has 2 aromatic heterocycles. The summed E-state index contributed by atoms with van der Waals surface area (Å²) in [6.45, 7) is 6.92. The Balaban J connectivity index is 0.000000212. The summed E-state index contributed by atoms with van der Waals surface area (Å²) in [6, 6.07) is 9.78. The maximum atomic E-state index is 13.4. The SMILES string of the molecule is CC(C)(C)S(=O)(=O)NC(=O)c1cnn2ccc(N3CCC(F)C3)cc12.Fc1cccc(OC2CCOCC2)c1. The Morgan fingerprint density at radius 1 is 1.15 bits per heavy atom. The average molecular weight is 565 g/mol. The van der Waals surface area contributed by atoms with Gasteiger partial charge in [-0.25, -0.2) is 26.4 Å². The Morgan fingerprint density at radius 3 is 2.54 bits per heavy atom. The van der Waals surface area contributed by atoms with Gasteiger partial charge in [0.1, 0.15) is 23.8 Å². The standard InChI is InChI=1S/C16H21FN4O3S.C11H13FO2/c1-16(2,3)25(23,24)19-15(22)13-9-18-21-7-5-12(8-14(13)21)20-6-4-11(17)10-20;12-9-2-1-3-11(8-9)14-10-4-6-13-7-5-10/h5,7-9,11H,4,6,10H2,1-3H3,(H,19,22);1-3,8,10H,4-7H2. The number of aromatic nitrogens is 2. The molecule has 1 amide bonds. The molecule has 0 spiro atoms. The van der Waals surface area contributed by atoms with Crippen LogP contribution in [0.4, 0.5) is 14.5 Å². The van der Waals surface area contributed by atoms with E-state index in [-0.39, 0.29) is 17.5 Å². The first-order valence-electron chi connectivity index (χ1n) is 12.9. The van der Waals surface area contributed by atoms with E-state index >= 15 is 0 Å². The van der Waals surface area contributed by atoms with Crippen LogP contribution in [0.3, 0.4) is 0 Å². The molecule has 4 heterocycles. The quantitative estimate of drug-likeness (QED) is 0.497. The third-order valence-electron chi connectivity index (χ3n) is 6.55. The van der Waals surface area contributed by atoms with Gasteiger partial charge in [-0.05, 0) is 51.5 Å². The highest BCUT2D eigenvalue weighted by molar-refractivity contribution is 7.91. The lowest BCUT2D eigenvalue weighted by molar-refractivity contribution is 0.0254. The number of amides is 1. The molecule has 2 aliphatic rings. The molecule has 2 aliphatic heterocycles. The van der Waals surface area contributed by atoms with Crippen molar-refractivity contribution in [3.8, 4) is 5.75 Å². The van der Waals surface area contributed by atoms with Crippen molar-refractivity contribution in [2.75, 3.05) is 31.2 Å². The smallest absolute Gasteiger partial charge is 0.268 e. The first-order valence-corrected chi connectivity index (χ1v) is 14.3. The van der Waals surface area contributed by atoms with Crippen LogP contribution < -0.4 is 14.4 Å². The minimum Gasteiger partial charge on any atom is -0.490 e. The van der Waals surface area contributed by atoms with E-state index in [0.29, 0.717) is 30.8 Å². The molecule has 39 heavy (non-hydrogen) atoms. The Hall–Kier alpha value is -3.25. The van der Waals surface area contributed by atoms with Crippen molar-refractivity contribution in [3.05, 3.63) is 60.2 Å². The zero-order valence-corrected chi connectivity index (χ0v) is 23.1. The van der Waals surface area contributed by atoms with Gasteiger partial charge in [0.2, 0.25) is 10.0 Å². The van der Waals surface area contributed by atoms with Crippen molar-refractivity contribution < 1.29 is 31.5 Å². The van der Waals surface area contributed by atoms with E-state index in [1.807, 2.05) is 4.90 Å². The van der Waals surface area contributed by atoms with Crippen molar-refractivity contribution in [3.63, 3.8) is 0 Å². The Labute approximate surface area is 227 Å². The number of rotatable bonds is 5. The lowest BCUT2D eigenvalue weighted by Gasteiger charge is -2.23. The van der Waals surface area contributed by atoms with Gasteiger partial charge in [-0.1, -0.05) is 6.07 Å². The maximum absolute atomic E-state index is 13.4. The van der Waals surface area contributed by atoms with E-state index in [0.717, 1.165) is 31.7 Å². The zero-order chi connectivity index (χ0) is 28.2. The van der Waals surface area contributed by atoms with Crippen LogP contribution >= 0.6 is 0 Å². The molecule has 0 saturated carbocycles. The van der Waals surface area contributed by atoms with Crippen molar-refractivity contribution in [2.24, 2.45) is 0 Å². The molecule has 5 rings (SSSR count). The lowest BCUT2D eigenvalue weighted by atomic mass is 10.1. The number of benzene rings is 1. The predicted molar refractivity (Wildman–Crippen MR) is 144 cm³/mol. The number of carbonyl (C=O) groups excluding carboxylic acids is 1. The summed E-state index contributed by atoms with van der Waals surface area (Å²) in [5.74, 6) is -0.377. The normalized spacial score (nSPS) is 18.5. The fourth-order valence-electron chi connectivity index (χ4n) is 4.15. The summed E-state index contributed by atoms with van der Waals surface area (Å²) in [5.41, 5.74) is 1.41. The summed E-state index contributed by atoms with van der Waals surface area (Å²) in [6.07, 6.45) is 4.56. The highest BCUT2D eigenvalue weighted by Gasteiger charge is 2.32. The molecule has 2 fully saturated rings. The molecule has 1 N–H and O–H groups in total. The van der Waals surface area contributed by atoms with Crippen LogP contribution in [0.25, 0.3) is 5.52 Å². The van der Waals surface area contributed by atoms with E-state index < -0.39 is 26.8 Å². The average Bonchev–Trinajstić information content (AvgIpc) is 3.50. The monoisotopic (exact) mass is 564 g/mol. The number of hydrogen-bond donors (Lipinski definition) is 1. The van der Waals surface area contributed by atoms with Gasteiger partial charge in [0.05, 0.1) is 35.2 Å². The first-order chi connectivity index (χ1) is 18.4. The van der Waals surface area contributed by atoms with Gasteiger partial charge in [-0.2, -0.15) is 5.10 Å². The van der Waals surface area contributed by atoms with Crippen LogP contribution in [-0.2, 0) is 14.8 Å². The van der Waals surface area contributed by atoms with Gasteiger partial charge in [0.25, 0.3) is 5.91 Å². The number of sulfonamides is 1. The second-order valence-corrected chi connectivity index (χ2v) is 13.0. The number of carbonyl (C=O) groups is 1. The number of pyridine rings is 1. The molecule has 0 bridgehead atoms. The number of nitrogens with zero attached hydrogens (tertiary/aromatic N) is 3. The van der Waals surface area contributed by atoms with Gasteiger partial charge >= 0.3 is 0 Å². The summed E-state index contributed by atoms with van der Waals surface area (Å²) in [7, 11) is -3.82. The minimum absolute atomic E-state index is 0.158. The van der Waals surface area contributed by atoms with Crippen molar-refractivity contribution in [1.29, 1.82) is 0 Å². The van der Waals surface area contributed by atoms with Crippen LogP contribution in [0.15, 0.2) is 48.8 Å². The van der Waals surface area contributed by atoms with Crippen LogP contribution in [-0.4, -0.2) is 67.3 Å². The molecule has 1 unspecified atom stereocenters. The van der Waals surface area contributed by atoms with Crippen molar-refractivity contribution in [1.82, 2.24) is 14.3 Å². The molecule has 1 atom stereocenters. The molecular weight excluding hydrogens is 530 g/mol. The Morgan fingerprint density at radius 2 is 1.90 bits per heavy atom. The third kappa shape index (κ3) is 7.24. The molecule has 9 nitrogen and oxygen atoms in total. The number of anilines is 1. The van der Waals surface area contributed by atoms with Gasteiger partial charge < -0.3 is 14.4 Å². The minimum atomic E-state index is -3.82. The van der Waals surface area contributed by atoms with Crippen LogP contribution in [0.5, 0.6) is 5.75 Å². The predicted octanol–water partition coefficient (Wildman–Crippen LogP) is 4.12. The topological polar surface area (TPSA) is 102 Å². The van der Waals surface area contributed by atoms with Crippen molar-refractivity contribution in [2.45, 2.75) is 57.1 Å². The molecule has 212 valence electrons. The van der Waals surface area contributed by atoms with Gasteiger partial charge in [-0.15, -0.1) is 0 Å². The fourth-order valence-corrected chi connectivity index (χ4v) is 4.81. The van der Waals surface area contributed by atoms with Gasteiger partial charge in [0, 0.05) is 43.9 Å². The van der Waals surface area contributed by atoms with Gasteiger partial charge in [0.15, 0.2) is 0 Å². The first kappa shape index (κ1) is 28.8. The number of nitrogens with one attached hydrogen (secondary N) is 1. The van der Waals surface area contributed by atoms with E-state index in [4.69, 9.17) is 9.47 Å². The highest BCUT2D eigenvalue weighted by atomic mass is 32.2. The number of fused-ring (bicyclic) bond motifs is 1. The fraction of sp³-hybridized carbons (Fsp3) is 0.481. The maximum Gasteiger partial charge on any atom is 0.268 e. The lowest BCUT2D eigenvalue weighted by Crippen LogP contribution is -2.42. The van der Waals surface area contributed by atoms with E-state index in [1.54, 1.807) is 30.5 Å². The number of halogens is 2. The summed E-state index contributed by atoms with van der Waals surface area (Å²) in [5, 5.41) is 4.08. The summed E-state index contributed by atoms with van der Waals surface area (Å²) >= 11 is 0. The van der Waals surface area contributed by atoms with Crippen LogP contribution in [0.2, 0.25) is 0 Å². The van der Waals surface area contributed by atoms with E-state index in [9.17, 15) is 22.0 Å². The van der Waals surface area contributed by atoms with Crippen LogP contribution in [0.1, 0.15) is 50.4 Å². The van der Waals surface area contributed by atoms with Gasteiger partial charge in [-0.3, -0.25) is 4.79 Å². The van der Waals surface area contributed by atoms with Crippen molar-refractivity contribution >= 4 is 27.1 Å². The molecule has 2 saturated heterocycles. The molecule has 0 radical (unpaired) electrons. The number of ether oxygens (including phenoxy) is 2. The van der Waals surface area contributed by atoms with Crippen LogP contribution in [0, 0.1) is 5.82 Å². The second-order valence-electron chi connectivity index (χ2n) is 10.5. The number of hydrogen-bond acceptors (Lipinski definition) is 7. The molecule has 1 aromatic carbocycles. The molecule has 0 aliphatic carbocycles. The van der Waals surface area contributed by atoms with E-state index in [1.165, 1.54) is 43.6 Å². The Kier molecular flexibility index (Phi) is 8.75. The summed E-state index contributed by atoms with van der Waals surface area (Å²) < 4.78 is 63.9.